The van der Waals surface area contributed by atoms with Crippen LogP contribution in [0.15, 0.2) is 104 Å². The summed E-state index contributed by atoms with van der Waals surface area (Å²) in [5.41, 5.74) is 3.24. The van der Waals surface area contributed by atoms with E-state index in [2.05, 4.69) is 6.58 Å². The smallest absolute Gasteiger partial charge is 0.187 e. The van der Waals surface area contributed by atoms with Crippen LogP contribution in [0.4, 0.5) is 0 Å². The lowest BCUT2D eigenvalue weighted by Crippen LogP contribution is -2.60. The fourth-order valence-electron chi connectivity index (χ4n) is 4.17. The van der Waals surface area contributed by atoms with Crippen LogP contribution in [0.5, 0.6) is 0 Å². The Bertz CT molecular complexity index is 995. The molecule has 0 N–H and O–H groups in total. The first kappa shape index (κ1) is 25.3. The van der Waals surface area contributed by atoms with Crippen molar-refractivity contribution >= 4 is 0 Å². The maximum absolute atomic E-state index is 6.52. The van der Waals surface area contributed by atoms with Crippen LogP contribution in [-0.4, -0.2) is 37.3 Å². The predicted octanol–water partition coefficient (Wildman–Crippen LogP) is 5.69. The van der Waals surface area contributed by atoms with Gasteiger partial charge in [0.2, 0.25) is 0 Å². The van der Waals surface area contributed by atoms with Crippen molar-refractivity contribution in [2.24, 2.45) is 0 Å². The fourth-order valence-corrected chi connectivity index (χ4v) is 4.17. The third-order valence-corrected chi connectivity index (χ3v) is 5.96. The average Bonchev–Trinajstić information content (AvgIpc) is 2.91. The lowest BCUT2D eigenvalue weighted by molar-refractivity contribution is -0.318. The van der Waals surface area contributed by atoms with Gasteiger partial charge in [-0.05, 0) is 23.6 Å². The highest BCUT2D eigenvalue weighted by Gasteiger charge is 2.47. The van der Waals surface area contributed by atoms with Gasteiger partial charge in [-0.25, -0.2) is 0 Å². The zero-order chi connectivity index (χ0) is 24.3. The van der Waals surface area contributed by atoms with Crippen molar-refractivity contribution in [2.45, 2.75) is 57.5 Å². The molecule has 0 aromatic heterocycles. The molecule has 1 fully saturated rings. The minimum Gasteiger partial charge on any atom is -0.368 e. The van der Waals surface area contributed by atoms with Crippen LogP contribution in [0, 0.1) is 0 Å². The summed E-state index contributed by atoms with van der Waals surface area (Å²) in [5, 5.41) is 0. The predicted molar refractivity (Wildman–Crippen MR) is 136 cm³/mol. The summed E-state index contributed by atoms with van der Waals surface area (Å²) < 4.78 is 31.6. The number of benzene rings is 3. The van der Waals surface area contributed by atoms with Gasteiger partial charge in [-0.1, -0.05) is 97.1 Å². The van der Waals surface area contributed by atoms with E-state index < -0.39 is 18.5 Å². The molecule has 1 heterocycles. The molecule has 0 amide bonds. The molecule has 3 aromatic carbocycles. The Balaban J connectivity index is 1.56. The average molecular weight is 475 g/mol. The molecule has 5 heteroatoms. The van der Waals surface area contributed by atoms with E-state index in [1.807, 2.05) is 97.9 Å². The van der Waals surface area contributed by atoms with Crippen LogP contribution in [0.25, 0.3) is 0 Å². The topological polar surface area (TPSA) is 46.2 Å². The zero-order valence-corrected chi connectivity index (χ0v) is 20.2. The van der Waals surface area contributed by atoms with Gasteiger partial charge in [-0.3, -0.25) is 0 Å². The summed E-state index contributed by atoms with van der Waals surface area (Å²) in [7, 11) is 0. The van der Waals surface area contributed by atoms with Crippen molar-refractivity contribution in [3.05, 3.63) is 120 Å². The van der Waals surface area contributed by atoms with Gasteiger partial charge in [0.1, 0.15) is 18.3 Å². The maximum Gasteiger partial charge on any atom is 0.187 e. The summed E-state index contributed by atoms with van der Waals surface area (Å²) in [6.07, 6.45) is -0.393. The van der Waals surface area contributed by atoms with Crippen molar-refractivity contribution in [1.29, 1.82) is 0 Å². The second-order valence-corrected chi connectivity index (χ2v) is 8.62. The van der Waals surface area contributed by atoms with Gasteiger partial charge in [0.15, 0.2) is 6.29 Å². The summed E-state index contributed by atoms with van der Waals surface area (Å²) in [6.45, 7) is 7.42. The Labute approximate surface area is 208 Å². The molecule has 0 bridgehead atoms. The molecule has 0 radical (unpaired) electrons. The first-order valence-corrected chi connectivity index (χ1v) is 12.1. The van der Waals surface area contributed by atoms with Crippen LogP contribution < -0.4 is 0 Å². The monoisotopic (exact) mass is 474 g/mol. The van der Waals surface area contributed by atoms with E-state index in [1.165, 1.54) is 0 Å². The maximum atomic E-state index is 6.52. The normalized spacial score (nSPS) is 24.2. The highest BCUT2D eigenvalue weighted by molar-refractivity contribution is 5.15. The Kier molecular flexibility index (Phi) is 9.64. The zero-order valence-electron chi connectivity index (χ0n) is 20.2. The van der Waals surface area contributed by atoms with Crippen LogP contribution in [0.3, 0.4) is 0 Å². The van der Waals surface area contributed by atoms with E-state index in [-0.39, 0.29) is 12.2 Å². The second-order valence-electron chi connectivity index (χ2n) is 8.62. The molecule has 35 heavy (non-hydrogen) atoms. The lowest BCUT2D eigenvalue weighted by Gasteiger charge is -2.45. The van der Waals surface area contributed by atoms with E-state index >= 15 is 0 Å². The van der Waals surface area contributed by atoms with E-state index in [0.717, 1.165) is 16.7 Å². The number of rotatable bonds is 12. The number of hydrogen-bond donors (Lipinski definition) is 0. The summed E-state index contributed by atoms with van der Waals surface area (Å²) in [6, 6.07) is 30.3. The van der Waals surface area contributed by atoms with Gasteiger partial charge in [-0.2, -0.15) is 0 Å². The molecule has 4 rings (SSSR count). The van der Waals surface area contributed by atoms with Gasteiger partial charge < -0.3 is 23.7 Å². The molecule has 0 spiro atoms. The lowest BCUT2D eigenvalue weighted by atomic mass is 9.98. The van der Waals surface area contributed by atoms with Gasteiger partial charge in [0.25, 0.3) is 0 Å². The third-order valence-electron chi connectivity index (χ3n) is 5.96. The molecule has 0 aliphatic carbocycles. The van der Waals surface area contributed by atoms with Crippen molar-refractivity contribution in [3.63, 3.8) is 0 Å². The van der Waals surface area contributed by atoms with Gasteiger partial charge in [-0.15, -0.1) is 6.58 Å². The summed E-state index contributed by atoms with van der Waals surface area (Å²) in [5.74, 6) is 0. The third kappa shape index (κ3) is 7.34. The standard InChI is InChI=1S/C30H34O5/c1-3-19-31-30-29(34-22-26-17-11-6-12-18-26)28(33-21-25-15-9-5-10-16-25)27(23(2)35-30)32-20-24-13-7-4-8-14-24/h3-18,23,27-30H,1,19-22H2,2H3/t23-,27+,28+,29-,30-/m0/s1. The Morgan fingerprint density at radius 2 is 1.06 bits per heavy atom. The quantitative estimate of drug-likeness (QED) is 0.316. The summed E-state index contributed by atoms with van der Waals surface area (Å²) >= 11 is 0. The minimum absolute atomic E-state index is 0.258. The minimum atomic E-state index is -0.607. The molecule has 184 valence electrons. The molecule has 0 saturated carbocycles. The van der Waals surface area contributed by atoms with Crippen molar-refractivity contribution in [3.8, 4) is 0 Å². The van der Waals surface area contributed by atoms with Crippen LogP contribution in [0.2, 0.25) is 0 Å². The van der Waals surface area contributed by atoms with Crippen molar-refractivity contribution in [2.75, 3.05) is 6.61 Å². The molecular formula is C30H34O5. The summed E-state index contributed by atoms with van der Waals surface area (Å²) in [4.78, 5) is 0. The Morgan fingerprint density at radius 3 is 1.51 bits per heavy atom. The highest BCUT2D eigenvalue weighted by atomic mass is 16.7. The largest absolute Gasteiger partial charge is 0.368 e. The Hall–Kier alpha value is -2.80. The second kappa shape index (κ2) is 13.3. The van der Waals surface area contributed by atoms with Crippen LogP contribution >= 0.6 is 0 Å². The molecule has 5 nitrogen and oxygen atoms in total. The molecule has 3 aromatic rings. The highest BCUT2D eigenvalue weighted by Crippen LogP contribution is 2.31. The van der Waals surface area contributed by atoms with E-state index in [0.29, 0.717) is 26.4 Å². The number of hydrogen-bond acceptors (Lipinski definition) is 5. The Morgan fingerprint density at radius 1 is 0.629 bits per heavy atom. The van der Waals surface area contributed by atoms with Gasteiger partial charge >= 0.3 is 0 Å². The van der Waals surface area contributed by atoms with Gasteiger partial charge in [0, 0.05) is 0 Å². The molecule has 1 saturated heterocycles. The van der Waals surface area contributed by atoms with Gasteiger partial charge in [0.05, 0.1) is 32.5 Å². The van der Waals surface area contributed by atoms with Crippen LogP contribution in [0.1, 0.15) is 23.6 Å². The SMILES string of the molecule is C=CCO[C@H]1O[C@@H](C)[C@@H](OCc2ccccc2)[C@@H](OCc2ccccc2)[C@@H]1OCc1ccccc1. The molecule has 1 aliphatic rings. The van der Waals surface area contributed by atoms with Crippen molar-refractivity contribution < 1.29 is 23.7 Å². The number of ether oxygens (including phenoxy) is 5. The first-order valence-electron chi connectivity index (χ1n) is 12.1. The molecule has 1 aliphatic heterocycles. The van der Waals surface area contributed by atoms with E-state index in [4.69, 9.17) is 23.7 Å². The van der Waals surface area contributed by atoms with Crippen LogP contribution in [-0.2, 0) is 43.5 Å². The molecule has 0 unspecified atom stereocenters. The van der Waals surface area contributed by atoms with E-state index in [1.54, 1.807) is 6.08 Å². The first-order chi connectivity index (χ1) is 17.2. The van der Waals surface area contributed by atoms with Crippen molar-refractivity contribution in [1.82, 2.24) is 0 Å². The van der Waals surface area contributed by atoms with E-state index in [9.17, 15) is 0 Å². The fraction of sp³-hybridized carbons (Fsp3) is 0.333. The molecule has 5 atom stereocenters. The molecular weight excluding hydrogens is 440 g/mol.